The zero-order valence-electron chi connectivity index (χ0n) is 22.1. The van der Waals surface area contributed by atoms with Crippen LogP contribution >= 0.6 is 11.6 Å². The normalized spacial score (nSPS) is 23.9. The van der Waals surface area contributed by atoms with Gasteiger partial charge in [-0.2, -0.15) is 8.78 Å². The number of hydrogen-bond acceptors (Lipinski definition) is 4. The number of fused-ring (bicyclic) bond motifs is 1. The maximum absolute atomic E-state index is 14.9. The number of carbonyl (C=O) groups excluding carboxylic acids is 4. The Morgan fingerprint density at radius 1 is 1.05 bits per heavy atom. The van der Waals surface area contributed by atoms with Crippen molar-refractivity contribution in [2.24, 2.45) is 0 Å². The van der Waals surface area contributed by atoms with E-state index in [1.54, 1.807) is 57.4 Å². The van der Waals surface area contributed by atoms with Gasteiger partial charge in [-0.05, 0) is 35.1 Å². The Labute approximate surface area is 229 Å². The van der Waals surface area contributed by atoms with Crippen molar-refractivity contribution in [3.63, 3.8) is 0 Å². The largest absolute Gasteiger partial charge is 0.357 e. The Kier molecular flexibility index (Phi) is 6.92. The molecule has 16 heteroatoms. The van der Waals surface area contributed by atoms with Crippen molar-refractivity contribution < 1.29 is 28.0 Å². The molecule has 7 nitrogen and oxygen atoms in total. The predicted octanol–water partition coefficient (Wildman–Crippen LogP) is -3.33. The molecule has 0 bridgehead atoms. The van der Waals surface area contributed by atoms with Crippen molar-refractivity contribution >= 4 is 82.4 Å². The molecule has 38 heavy (non-hydrogen) atoms. The lowest BCUT2D eigenvalue weighted by Crippen LogP contribution is -2.68. The lowest BCUT2D eigenvalue weighted by molar-refractivity contribution is -0.148. The van der Waals surface area contributed by atoms with Crippen LogP contribution in [0.1, 0.15) is 27.0 Å². The highest BCUT2D eigenvalue weighted by atomic mass is 35.5. The Bertz CT molecular complexity index is 1370. The lowest BCUT2D eigenvalue weighted by Gasteiger charge is -2.50. The van der Waals surface area contributed by atoms with Crippen molar-refractivity contribution in [2.75, 3.05) is 0 Å². The zero-order valence-corrected chi connectivity index (χ0v) is 22.8. The third-order valence-electron chi connectivity index (χ3n) is 8.20. The first-order valence-electron chi connectivity index (χ1n) is 12.3. The molecule has 2 unspecified atom stereocenters. The molecule has 2 aliphatic heterocycles. The summed E-state index contributed by atoms with van der Waals surface area (Å²) in [6.07, 6.45) is 0. The van der Waals surface area contributed by atoms with Crippen LogP contribution in [0, 0.1) is 0 Å². The van der Waals surface area contributed by atoms with Gasteiger partial charge in [0.25, 0.3) is 11.8 Å². The Morgan fingerprint density at radius 3 is 2.24 bits per heavy atom. The predicted molar refractivity (Wildman–Crippen MR) is 155 cm³/mol. The second kappa shape index (κ2) is 9.36. The first kappa shape index (κ1) is 28.1. The van der Waals surface area contributed by atoms with Crippen molar-refractivity contribution in [3.8, 4) is 0 Å². The Balaban J connectivity index is 1.60. The number of amides is 4. The molecule has 0 aliphatic carbocycles. The SMILES string of the molecule is BC1C(=O)N(B)C(=O)[C@@](B)(N2Cc3cc(C(B)(B)NC(=O)C(F)(F)c4ccc(Cl)cc4)ccc3C2=O)C1B. The van der Waals surface area contributed by atoms with Crippen LogP contribution < -0.4 is 5.32 Å². The molecule has 4 amide bonds. The minimum Gasteiger partial charge on any atom is -0.357 e. The summed E-state index contributed by atoms with van der Waals surface area (Å²) in [7, 11) is 9.81. The molecule has 1 N–H and O–H groups in total. The molecule has 190 valence electrons. The van der Waals surface area contributed by atoms with Crippen LogP contribution in [0.3, 0.4) is 0 Å². The van der Waals surface area contributed by atoms with Gasteiger partial charge >= 0.3 is 5.92 Å². The molecule has 1 saturated heterocycles. The molecule has 0 spiro atoms. The number of hydrogen-bond donors (Lipinski definition) is 1. The quantitative estimate of drug-likeness (QED) is 0.323. The number of imide groups is 1. The van der Waals surface area contributed by atoms with E-state index in [1.165, 1.54) is 25.0 Å². The first-order valence-corrected chi connectivity index (χ1v) is 12.6. The van der Waals surface area contributed by atoms with Crippen molar-refractivity contribution in [1.29, 1.82) is 0 Å². The number of halogens is 3. The summed E-state index contributed by atoms with van der Waals surface area (Å²) >= 11 is 5.78. The van der Waals surface area contributed by atoms with Crippen LogP contribution in [0.25, 0.3) is 0 Å². The summed E-state index contributed by atoms with van der Waals surface area (Å²) in [5, 5.41) is 1.49. The van der Waals surface area contributed by atoms with E-state index in [9.17, 15) is 28.0 Å². The van der Waals surface area contributed by atoms with Crippen LogP contribution in [0.5, 0.6) is 0 Å². The van der Waals surface area contributed by atoms with Gasteiger partial charge in [-0.15, -0.1) is 0 Å². The molecule has 3 atom stereocenters. The molecule has 4 rings (SSSR count). The summed E-state index contributed by atoms with van der Waals surface area (Å²) in [5.74, 6) is -7.25. The summed E-state index contributed by atoms with van der Waals surface area (Å²) in [5.41, 5.74) is -0.228. The molecule has 0 aromatic heterocycles. The lowest BCUT2D eigenvalue weighted by atomic mass is 9.48. The van der Waals surface area contributed by atoms with Crippen LogP contribution in [-0.4, -0.2) is 86.0 Å². The molecule has 0 radical (unpaired) electrons. The van der Waals surface area contributed by atoms with E-state index >= 15 is 0 Å². The number of rotatable bonds is 5. The molecule has 2 aromatic carbocycles. The molecule has 2 aliphatic rings. The number of nitrogens with one attached hydrogen (secondary N) is 1. The highest BCUT2D eigenvalue weighted by molar-refractivity contribution is 6.47. The fourth-order valence-electron chi connectivity index (χ4n) is 5.31. The summed E-state index contributed by atoms with van der Waals surface area (Å²) in [4.78, 5) is 54.4. The van der Waals surface area contributed by atoms with Gasteiger partial charge < -0.3 is 15.0 Å². The van der Waals surface area contributed by atoms with Crippen LogP contribution in [0.2, 0.25) is 16.7 Å². The molecular formula is C22H24B6ClF2N3O4. The van der Waals surface area contributed by atoms with E-state index in [2.05, 4.69) is 5.32 Å². The van der Waals surface area contributed by atoms with Crippen molar-refractivity contribution in [3.05, 3.63) is 69.7 Å². The van der Waals surface area contributed by atoms with Gasteiger partial charge in [-0.25, -0.2) is 0 Å². The van der Waals surface area contributed by atoms with E-state index in [-0.39, 0.29) is 23.4 Å². The van der Waals surface area contributed by atoms with Crippen LogP contribution in [0.4, 0.5) is 8.78 Å². The highest BCUT2D eigenvalue weighted by Crippen LogP contribution is 2.43. The van der Waals surface area contributed by atoms with Crippen LogP contribution in [-0.2, 0) is 32.2 Å². The van der Waals surface area contributed by atoms with E-state index in [0.29, 0.717) is 16.7 Å². The third-order valence-corrected chi connectivity index (χ3v) is 8.46. The minimum absolute atomic E-state index is 0.105. The fraction of sp³-hybridized carbons (Fsp3) is 0.273. The van der Waals surface area contributed by atoms with E-state index < -0.39 is 45.7 Å². The van der Waals surface area contributed by atoms with Crippen molar-refractivity contribution in [1.82, 2.24) is 15.0 Å². The number of nitrogens with zero attached hydrogens (tertiary/aromatic N) is 2. The molecule has 2 aromatic rings. The second-order valence-corrected chi connectivity index (χ2v) is 11.3. The summed E-state index contributed by atoms with van der Waals surface area (Å²) in [6, 6.07) is 9.66. The smallest absolute Gasteiger partial charge is 0.349 e. The first-order chi connectivity index (χ1) is 17.5. The van der Waals surface area contributed by atoms with E-state index in [0.717, 1.165) is 16.9 Å². The fourth-order valence-corrected chi connectivity index (χ4v) is 5.44. The molecule has 0 saturated carbocycles. The number of alkyl halides is 2. The summed E-state index contributed by atoms with van der Waals surface area (Å²) in [6.45, 7) is 0.105. The molecular weight excluding hydrogens is 509 g/mol. The van der Waals surface area contributed by atoms with Gasteiger partial charge in [-0.1, -0.05) is 35.9 Å². The van der Waals surface area contributed by atoms with Gasteiger partial charge in [0.1, 0.15) is 39.2 Å². The number of carbonyl (C=O) groups is 4. The van der Waals surface area contributed by atoms with E-state index in [4.69, 9.17) is 11.6 Å². The highest BCUT2D eigenvalue weighted by Gasteiger charge is 2.56. The monoisotopic (exact) mass is 533 g/mol. The van der Waals surface area contributed by atoms with Gasteiger partial charge in [0.15, 0.2) is 0 Å². The van der Waals surface area contributed by atoms with Gasteiger partial charge in [0, 0.05) is 33.8 Å². The Morgan fingerprint density at radius 2 is 1.63 bits per heavy atom. The van der Waals surface area contributed by atoms with Gasteiger partial charge in [0.2, 0.25) is 19.8 Å². The second-order valence-electron chi connectivity index (χ2n) is 10.9. The van der Waals surface area contributed by atoms with E-state index in [1.807, 2.05) is 0 Å². The maximum Gasteiger partial charge on any atom is 0.349 e. The van der Waals surface area contributed by atoms with Crippen LogP contribution in [0.15, 0.2) is 42.5 Å². The topological polar surface area (TPSA) is 86.8 Å². The third kappa shape index (κ3) is 4.28. The van der Waals surface area contributed by atoms with Gasteiger partial charge in [-0.3, -0.25) is 19.2 Å². The zero-order chi connectivity index (χ0) is 28.4. The number of benzene rings is 2. The average Bonchev–Trinajstić information content (AvgIpc) is 3.21. The van der Waals surface area contributed by atoms with Crippen molar-refractivity contribution in [2.45, 2.75) is 34.9 Å². The number of piperidine rings is 1. The minimum atomic E-state index is -3.79. The standard InChI is InChI=1S/C22H24B6ClF2N3O4/c23-14-15(24)20(25,19(38)34(28)17(14)36)33-8-9-7-11(3-6-13(9)16(33)35)22(26,27)32-18(37)21(30,31)10-1-4-12(29)5-2-10/h1-7,14-15H,8,23-28H2,(H,32,37)/t14?,15?,20-/m0/s1. The summed E-state index contributed by atoms with van der Waals surface area (Å²) < 4.78 is 29.8. The maximum atomic E-state index is 14.9. The molecule has 1 fully saturated rings. The average molecular weight is 533 g/mol. The van der Waals surface area contributed by atoms with Gasteiger partial charge in [0.05, 0.1) is 5.44 Å². The molecule has 2 heterocycles. The Hall–Kier alpha value is -2.94.